The lowest BCUT2D eigenvalue weighted by Crippen LogP contribution is -2.33. The number of nitrogens with zero attached hydrogens (tertiary/aromatic N) is 2. The second-order valence-corrected chi connectivity index (χ2v) is 8.63. The average Bonchev–Trinajstić information content (AvgIpc) is 3.40. The van der Waals surface area contributed by atoms with E-state index >= 15 is 0 Å². The van der Waals surface area contributed by atoms with Crippen molar-refractivity contribution >= 4 is 17.0 Å². The van der Waals surface area contributed by atoms with E-state index in [1.54, 1.807) is 6.20 Å². The van der Waals surface area contributed by atoms with Gasteiger partial charge in [-0.2, -0.15) is 0 Å². The van der Waals surface area contributed by atoms with E-state index in [0.717, 1.165) is 43.4 Å². The van der Waals surface area contributed by atoms with Gasteiger partial charge in [-0.3, -0.25) is 9.47 Å². The maximum Gasteiger partial charge on any atom is 0.415 e. The summed E-state index contributed by atoms with van der Waals surface area (Å²) in [5, 5.41) is 10.4. The Bertz CT molecular complexity index is 1200. The zero-order chi connectivity index (χ0) is 21.3. The quantitative estimate of drug-likeness (QED) is 0.469. The molecule has 1 N–H and O–H groups in total. The molecule has 1 aromatic heterocycles. The number of benzene rings is 3. The molecule has 5 rings (SSSR count). The summed E-state index contributed by atoms with van der Waals surface area (Å²) < 4.78 is 1.29. The third-order valence-corrected chi connectivity index (χ3v) is 6.58. The molecule has 1 fully saturated rings. The van der Waals surface area contributed by atoms with Crippen molar-refractivity contribution in [1.82, 2.24) is 9.47 Å². The SMILES string of the molecule is O=C(O)n1ccc2cc(C3(Cc4ccccc4)CCN(Cc4ccccc4)C3)ccc21. The first-order valence-electron chi connectivity index (χ1n) is 10.8. The van der Waals surface area contributed by atoms with E-state index in [0.29, 0.717) is 0 Å². The fourth-order valence-corrected chi connectivity index (χ4v) is 5.04. The molecule has 4 nitrogen and oxygen atoms in total. The summed E-state index contributed by atoms with van der Waals surface area (Å²) in [4.78, 5) is 14.0. The Morgan fingerprint density at radius 1 is 0.903 bits per heavy atom. The van der Waals surface area contributed by atoms with Crippen molar-refractivity contribution in [2.24, 2.45) is 0 Å². The molecule has 2 heterocycles. The first kappa shape index (κ1) is 19.6. The fourth-order valence-electron chi connectivity index (χ4n) is 5.04. The van der Waals surface area contributed by atoms with Gasteiger partial charge in [0.2, 0.25) is 0 Å². The Hall–Kier alpha value is -3.37. The Kier molecular flexibility index (Phi) is 5.08. The van der Waals surface area contributed by atoms with Crippen molar-refractivity contribution in [1.29, 1.82) is 0 Å². The highest BCUT2D eigenvalue weighted by molar-refractivity contribution is 5.89. The minimum Gasteiger partial charge on any atom is -0.464 e. The van der Waals surface area contributed by atoms with E-state index in [9.17, 15) is 9.90 Å². The van der Waals surface area contributed by atoms with Gasteiger partial charge in [0.15, 0.2) is 0 Å². The second-order valence-electron chi connectivity index (χ2n) is 8.63. The Balaban J connectivity index is 1.50. The zero-order valence-electron chi connectivity index (χ0n) is 17.4. The summed E-state index contributed by atoms with van der Waals surface area (Å²) in [6, 6.07) is 29.5. The molecule has 1 aliphatic heterocycles. The largest absolute Gasteiger partial charge is 0.464 e. The van der Waals surface area contributed by atoms with Crippen LogP contribution in [0, 0.1) is 0 Å². The molecule has 0 radical (unpaired) electrons. The van der Waals surface area contributed by atoms with Crippen LogP contribution in [-0.2, 0) is 18.4 Å². The second kappa shape index (κ2) is 8.05. The summed E-state index contributed by atoms with van der Waals surface area (Å²) >= 11 is 0. The molecule has 0 aliphatic carbocycles. The summed E-state index contributed by atoms with van der Waals surface area (Å²) in [5.74, 6) is 0. The van der Waals surface area contributed by atoms with Crippen LogP contribution >= 0.6 is 0 Å². The van der Waals surface area contributed by atoms with E-state index in [4.69, 9.17) is 0 Å². The minimum atomic E-state index is -0.948. The van der Waals surface area contributed by atoms with Gasteiger partial charge < -0.3 is 5.11 Å². The molecule has 1 aliphatic rings. The number of hydrogen-bond acceptors (Lipinski definition) is 2. The molecule has 4 aromatic rings. The van der Waals surface area contributed by atoms with Crippen LogP contribution in [0.5, 0.6) is 0 Å². The van der Waals surface area contributed by atoms with Crippen molar-refractivity contribution in [3.63, 3.8) is 0 Å². The van der Waals surface area contributed by atoms with Crippen LogP contribution in [0.25, 0.3) is 10.9 Å². The van der Waals surface area contributed by atoms with Crippen molar-refractivity contribution in [2.45, 2.75) is 24.8 Å². The lowest BCUT2D eigenvalue weighted by molar-refractivity contribution is 0.197. The van der Waals surface area contributed by atoms with Gasteiger partial charge >= 0.3 is 6.09 Å². The van der Waals surface area contributed by atoms with Crippen LogP contribution in [0.15, 0.2) is 91.1 Å². The van der Waals surface area contributed by atoms with E-state index < -0.39 is 6.09 Å². The molecule has 4 heteroatoms. The fraction of sp³-hybridized carbons (Fsp3) is 0.222. The van der Waals surface area contributed by atoms with Gasteiger partial charge in [0.1, 0.15) is 0 Å². The molecule has 3 aromatic carbocycles. The Morgan fingerprint density at radius 3 is 2.32 bits per heavy atom. The molecule has 1 saturated heterocycles. The first-order chi connectivity index (χ1) is 15.1. The van der Waals surface area contributed by atoms with Crippen molar-refractivity contribution < 1.29 is 9.90 Å². The van der Waals surface area contributed by atoms with E-state index in [1.807, 2.05) is 12.1 Å². The molecule has 0 bridgehead atoms. The summed E-state index contributed by atoms with van der Waals surface area (Å²) in [6.07, 6.45) is 2.75. The lowest BCUT2D eigenvalue weighted by Gasteiger charge is -2.31. The number of fused-ring (bicyclic) bond motifs is 1. The minimum absolute atomic E-state index is 0.00957. The van der Waals surface area contributed by atoms with Crippen LogP contribution in [0.3, 0.4) is 0 Å². The number of likely N-dealkylation sites (tertiary alicyclic amines) is 1. The lowest BCUT2D eigenvalue weighted by atomic mass is 9.74. The highest BCUT2D eigenvalue weighted by atomic mass is 16.4. The van der Waals surface area contributed by atoms with Crippen molar-refractivity contribution in [3.05, 3.63) is 108 Å². The van der Waals surface area contributed by atoms with Gasteiger partial charge in [-0.05, 0) is 54.3 Å². The van der Waals surface area contributed by atoms with Gasteiger partial charge in [0.05, 0.1) is 5.52 Å². The molecule has 0 spiro atoms. The Labute approximate surface area is 182 Å². The van der Waals surface area contributed by atoms with E-state index in [2.05, 4.69) is 77.7 Å². The van der Waals surface area contributed by atoms with Gasteiger partial charge in [-0.1, -0.05) is 66.7 Å². The normalized spacial score (nSPS) is 19.1. The van der Waals surface area contributed by atoms with Crippen LogP contribution in [-0.4, -0.2) is 33.8 Å². The molecule has 0 saturated carbocycles. The van der Waals surface area contributed by atoms with Crippen LogP contribution in [0.1, 0.15) is 23.1 Å². The van der Waals surface area contributed by atoms with E-state index in [1.165, 1.54) is 21.3 Å². The standard InChI is InChI=1S/C27H26N2O2/c30-26(31)29-15-13-23-17-24(11-12-25(23)29)27(18-21-7-3-1-4-8-21)14-16-28(20-27)19-22-9-5-2-6-10-22/h1-13,15,17H,14,16,18-20H2,(H,30,31). The van der Waals surface area contributed by atoms with Gasteiger partial charge in [0, 0.05) is 30.1 Å². The summed E-state index contributed by atoms with van der Waals surface area (Å²) in [5.41, 5.74) is 4.72. The predicted molar refractivity (Wildman–Crippen MR) is 124 cm³/mol. The van der Waals surface area contributed by atoms with Crippen LogP contribution < -0.4 is 0 Å². The summed E-state index contributed by atoms with van der Waals surface area (Å²) in [6.45, 7) is 2.99. The van der Waals surface area contributed by atoms with Gasteiger partial charge in [0.25, 0.3) is 0 Å². The maximum atomic E-state index is 11.5. The number of aromatic nitrogens is 1. The number of carbonyl (C=O) groups is 1. The molecule has 31 heavy (non-hydrogen) atoms. The molecule has 1 unspecified atom stereocenters. The number of carboxylic acid groups (broad SMARTS) is 1. The highest BCUT2D eigenvalue weighted by Crippen LogP contribution is 2.39. The third kappa shape index (κ3) is 3.87. The third-order valence-electron chi connectivity index (χ3n) is 6.58. The van der Waals surface area contributed by atoms with Gasteiger partial charge in [-0.25, -0.2) is 4.79 Å². The smallest absolute Gasteiger partial charge is 0.415 e. The topological polar surface area (TPSA) is 45.5 Å². The maximum absolute atomic E-state index is 11.5. The molecule has 0 amide bonds. The van der Waals surface area contributed by atoms with Crippen molar-refractivity contribution in [3.8, 4) is 0 Å². The van der Waals surface area contributed by atoms with E-state index in [-0.39, 0.29) is 5.41 Å². The van der Waals surface area contributed by atoms with Crippen molar-refractivity contribution in [2.75, 3.05) is 13.1 Å². The number of rotatable bonds is 5. The number of hydrogen-bond donors (Lipinski definition) is 1. The molecular formula is C27H26N2O2. The monoisotopic (exact) mass is 410 g/mol. The molecule has 1 atom stereocenters. The summed E-state index contributed by atoms with van der Waals surface area (Å²) in [7, 11) is 0. The van der Waals surface area contributed by atoms with Crippen LogP contribution in [0.2, 0.25) is 0 Å². The Morgan fingerprint density at radius 2 is 1.61 bits per heavy atom. The highest BCUT2D eigenvalue weighted by Gasteiger charge is 2.39. The molecule has 156 valence electrons. The van der Waals surface area contributed by atoms with Crippen LogP contribution in [0.4, 0.5) is 4.79 Å². The zero-order valence-corrected chi connectivity index (χ0v) is 17.4. The predicted octanol–water partition coefficient (Wildman–Crippen LogP) is 5.55. The average molecular weight is 411 g/mol. The van der Waals surface area contributed by atoms with Gasteiger partial charge in [-0.15, -0.1) is 0 Å². The first-order valence-corrected chi connectivity index (χ1v) is 10.8. The molecular weight excluding hydrogens is 384 g/mol.